The lowest BCUT2D eigenvalue weighted by Gasteiger charge is -2.19. The quantitative estimate of drug-likeness (QED) is 0.327. The molecular weight excluding hydrogens is 418 g/mol. The van der Waals surface area contributed by atoms with Gasteiger partial charge in [0.2, 0.25) is 0 Å². The normalized spacial score (nSPS) is 15.8. The minimum Gasteiger partial charge on any atom is -0.497 e. The number of fused-ring (bicyclic) bond motifs is 3. The van der Waals surface area contributed by atoms with Crippen LogP contribution < -0.4 is 4.74 Å². The number of nitrogens with zero attached hydrogens (tertiary/aromatic N) is 1. The molecule has 0 saturated heterocycles. The van der Waals surface area contributed by atoms with Crippen molar-refractivity contribution in [2.75, 3.05) is 7.11 Å². The van der Waals surface area contributed by atoms with Crippen molar-refractivity contribution in [2.45, 2.75) is 33.1 Å². The number of halogens is 1. The van der Waals surface area contributed by atoms with Crippen LogP contribution in [0.2, 0.25) is 0 Å². The second-order valence-electron chi connectivity index (χ2n) is 7.70. The molecule has 0 bridgehead atoms. The summed E-state index contributed by atoms with van der Waals surface area (Å²) in [6, 6.07) is 12.8. The van der Waals surface area contributed by atoms with E-state index in [4.69, 9.17) is 9.72 Å². The molecule has 1 aromatic carbocycles. The average Bonchev–Trinajstić information content (AvgIpc) is 3.35. The fourth-order valence-corrected chi connectivity index (χ4v) is 6.50. The Morgan fingerprint density at radius 2 is 1.93 bits per heavy atom. The van der Waals surface area contributed by atoms with Crippen LogP contribution in [0.4, 0.5) is 0 Å². The Bertz CT molecular complexity index is 1150. The van der Waals surface area contributed by atoms with E-state index in [2.05, 4.69) is 55.6 Å². The smallest absolute Gasteiger partial charge is 0.125 e. The van der Waals surface area contributed by atoms with Crippen molar-refractivity contribution in [3.63, 3.8) is 0 Å². The lowest BCUT2D eigenvalue weighted by atomic mass is 9.86. The van der Waals surface area contributed by atoms with Gasteiger partial charge >= 0.3 is 0 Å². The summed E-state index contributed by atoms with van der Waals surface area (Å²) in [5.41, 5.74) is 6.54. The largest absolute Gasteiger partial charge is 0.497 e. The van der Waals surface area contributed by atoms with E-state index in [1.54, 1.807) is 23.3 Å². The zero-order valence-electron chi connectivity index (χ0n) is 16.8. The molecule has 5 rings (SSSR count). The van der Waals surface area contributed by atoms with E-state index >= 15 is 0 Å². The summed E-state index contributed by atoms with van der Waals surface area (Å²) < 4.78 is 5.38. The van der Waals surface area contributed by atoms with E-state index in [-0.39, 0.29) is 12.4 Å². The van der Waals surface area contributed by atoms with Crippen LogP contribution in [-0.2, 0) is 12.8 Å². The standard InChI is InChI=1S/C24H23NOS2.ClH/c1-14-6-11-18-20(13-14)28-24-22(18)21(16-7-9-17(26-3)10-8-16)15(2)23(25-24)19-5-4-12-27-19;/h4-5,7-10,12,14H,6,11,13H2,1-3H3;1H. The van der Waals surface area contributed by atoms with Crippen molar-refractivity contribution in [1.82, 2.24) is 4.98 Å². The Morgan fingerprint density at radius 1 is 1.14 bits per heavy atom. The summed E-state index contributed by atoms with van der Waals surface area (Å²) in [7, 11) is 1.72. The molecule has 3 heterocycles. The molecule has 1 atom stereocenters. The van der Waals surface area contributed by atoms with Crippen LogP contribution in [0.25, 0.3) is 31.9 Å². The Kier molecular flexibility index (Phi) is 5.69. The van der Waals surface area contributed by atoms with Gasteiger partial charge in [-0.25, -0.2) is 4.98 Å². The molecule has 4 aromatic rings. The van der Waals surface area contributed by atoms with Gasteiger partial charge in [-0.3, -0.25) is 0 Å². The second kappa shape index (κ2) is 8.10. The van der Waals surface area contributed by atoms with E-state index in [0.717, 1.165) is 17.4 Å². The van der Waals surface area contributed by atoms with Gasteiger partial charge in [-0.1, -0.05) is 25.1 Å². The number of thiophene rings is 2. The van der Waals surface area contributed by atoms with Crippen molar-refractivity contribution >= 4 is 45.3 Å². The number of pyridine rings is 1. The first kappa shape index (κ1) is 20.4. The molecular formula is C24H24ClNOS2. The van der Waals surface area contributed by atoms with Gasteiger partial charge in [-0.15, -0.1) is 35.1 Å². The summed E-state index contributed by atoms with van der Waals surface area (Å²) in [4.78, 5) is 9.15. The van der Waals surface area contributed by atoms with Gasteiger partial charge in [-0.05, 0) is 77.9 Å². The minimum atomic E-state index is 0. The predicted octanol–water partition coefficient (Wildman–Crippen LogP) is 7.56. The van der Waals surface area contributed by atoms with Gasteiger partial charge in [0.15, 0.2) is 0 Å². The molecule has 5 heteroatoms. The van der Waals surface area contributed by atoms with Gasteiger partial charge in [0.25, 0.3) is 0 Å². The first-order valence-electron chi connectivity index (χ1n) is 9.79. The average molecular weight is 442 g/mol. The first-order chi connectivity index (χ1) is 13.7. The molecule has 1 aliphatic rings. The van der Waals surface area contributed by atoms with Crippen molar-refractivity contribution < 1.29 is 4.74 Å². The molecule has 1 aliphatic carbocycles. The summed E-state index contributed by atoms with van der Waals surface area (Å²) in [5.74, 6) is 1.66. The summed E-state index contributed by atoms with van der Waals surface area (Å²) >= 11 is 3.68. The molecule has 1 unspecified atom stereocenters. The van der Waals surface area contributed by atoms with E-state index < -0.39 is 0 Å². The van der Waals surface area contributed by atoms with Gasteiger partial charge in [-0.2, -0.15) is 0 Å². The molecule has 150 valence electrons. The second-order valence-corrected chi connectivity index (χ2v) is 9.73. The maximum atomic E-state index is 5.38. The lowest BCUT2D eigenvalue weighted by Crippen LogP contribution is -2.08. The molecule has 2 nitrogen and oxygen atoms in total. The number of benzene rings is 1. The molecule has 29 heavy (non-hydrogen) atoms. The SMILES string of the molecule is COc1ccc(-c2c(C)c(-c3cccs3)nc3sc4c(c23)CCC(C)C4)cc1.Cl. The molecule has 0 N–H and O–H groups in total. The van der Waals surface area contributed by atoms with Crippen molar-refractivity contribution in [1.29, 1.82) is 0 Å². The maximum absolute atomic E-state index is 5.38. The van der Waals surface area contributed by atoms with Crippen LogP contribution >= 0.6 is 35.1 Å². The van der Waals surface area contributed by atoms with Crippen LogP contribution in [0.5, 0.6) is 5.75 Å². The van der Waals surface area contributed by atoms with Crippen LogP contribution in [-0.4, -0.2) is 12.1 Å². The number of aromatic nitrogens is 1. The Balaban J connectivity index is 0.00000205. The summed E-state index contributed by atoms with van der Waals surface area (Å²) in [6.07, 6.45) is 3.62. The summed E-state index contributed by atoms with van der Waals surface area (Å²) in [5, 5.41) is 3.52. The molecule has 0 radical (unpaired) electrons. The molecule has 0 fully saturated rings. The van der Waals surface area contributed by atoms with Crippen LogP contribution in [0.3, 0.4) is 0 Å². The minimum absolute atomic E-state index is 0. The number of aryl methyl sites for hydroxylation is 1. The maximum Gasteiger partial charge on any atom is 0.125 e. The van der Waals surface area contributed by atoms with E-state index in [9.17, 15) is 0 Å². The highest BCUT2D eigenvalue weighted by molar-refractivity contribution is 7.19. The molecule has 0 aliphatic heterocycles. The van der Waals surface area contributed by atoms with E-state index in [0.29, 0.717) is 0 Å². The van der Waals surface area contributed by atoms with Gasteiger partial charge in [0.1, 0.15) is 10.6 Å². The van der Waals surface area contributed by atoms with Crippen molar-refractivity contribution in [3.05, 3.63) is 57.8 Å². The van der Waals surface area contributed by atoms with Crippen LogP contribution in [0.15, 0.2) is 41.8 Å². The Hall–Kier alpha value is -1.88. The van der Waals surface area contributed by atoms with Crippen LogP contribution in [0, 0.1) is 12.8 Å². The molecule has 3 aromatic heterocycles. The van der Waals surface area contributed by atoms with E-state index in [1.165, 1.54) is 56.6 Å². The number of rotatable bonds is 3. The highest BCUT2D eigenvalue weighted by atomic mass is 35.5. The van der Waals surface area contributed by atoms with Crippen molar-refractivity contribution in [2.24, 2.45) is 5.92 Å². The zero-order valence-corrected chi connectivity index (χ0v) is 19.3. The van der Waals surface area contributed by atoms with Crippen molar-refractivity contribution in [3.8, 4) is 27.4 Å². The zero-order chi connectivity index (χ0) is 19.3. The number of hydrogen-bond donors (Lipinski definition) is 0. The third-order valence-electron chi connectivity index (χ3n) is 5.82. The number of ether oxygens (including phenoxy) is 1. The first-order valence-corrected chi connectivity index (χ1v) is 11.5. The summed E-state index contributed by atoms with van der Waals surface area (Å²) in [6.45, 7) is 4.60. The lowest BCUT2D eigenvalue weighted by molar-refractivity contribution is 0.415. The Morgan fingerprint density at radius 3 is 2.62 bits per heavy atom. The predicted molar refractivity (Wildman–Crippen MR) is 128 cm³/mol. The number of hydrogen-bond acceptors (Lipinski definition) is 4. The third-order valence-corrected chi connectivity index (χ3v) is 7.84. The highest BCUT2D eigenvalue weighted by Crippen LogP contribution is 2.45. The topological polar surface area (TPSA) is 22.1 Å². The van der Waals surface area contributed by atoms with Gasteiger partial charge < -0.3 is 4.74 Å². The van der Waals surface area contributed by atoms with Crippen LogP contribution in [0.1, 0.15) is 29.3 Å². The fourth-order valence-electron chi connectivity index (χ4n) is 4.34. The monoisotopic (exact) mass is 441 g/mol. The van der Waals surface area contributed by atoms with Gasteiger partial charge in [0.05, 0.1) is 17.7 Å². The number of methoxy groups -OCH3 is 1. The Labute approximate surface area is 186 Å². The fraction of sp³-hybridized carbons (Fsp3) is 0.292. The highest BCUT2D eigenvalue weighted by Gasteiger charge is 2.25. The van der Waals surface area contributed by atoms with Gasteiger partial charge in [0, 0.05) is 10.3 Å². The molecule has 0 spiro atoms. The third kappa shape index (κ3) is 3.48. The van der Waals surface area contributed by atoms with E-state index in [1.807, 2.05) is 11.3 Å². The molecule has 0 saturated carbocycles. The molecule has 0 amide bonds.